The number of hydrogen-bond donors (Lipinski definition) is 1. The molecule has 1 unspecified atom stereocenters. The lowest BCUT2D eigenvalue weighted by Gasteiger charge is -2.16. The zero-order valence-electron chi connectivity index (χ0n) is 10.6. The molecular weight excluding hydrogens is 218 g/mol. The summed E-state index contributed by atoms with van der Waals surface area (Å²) in [4.78, 5) is 4.39. The lowest BCUT2D eigenvalue weighted by atomic mass is 10.0. The van der Waals surface area contributed by atoms with Gasteiger partial charge in [-0.25, -0.2) is 0 Å². The van der Waals surface area contributed by atoms with E-state index in [1.165, 1.54) is 0 Å². The van der Waals surface area contributed by atoms with Gasteiger partial charge in [-0.1, -0.05) is 5.16 Å². The van der Waals surface area contributed by atoms with E-state index >= 15 is 0 Å². The fraction of sp³-hybridized carbons (Fsp3) is 0.833. The van der Waals surface area contributed by atoms with E-state index in [-0.39, 0.29) is 5.54 Å². The molecule has 1 aliphatic rings. The molecule has 1 aliphatic heterocycles. The monoisotopic (exact) mass is 239 g/mol. The summed E-state index contributed by atoms with van der Waals surface area (Å²) in [6, 6.07) is 0. The molecule has 5 heteroatoms. The Bertz CT molecular complexity index is 351. The number of ether oxygens (including phenoxy) is 1. The molecule has 2 heterocycles. The van der Waals surface area contributed by atoms with Crippen LogP contribution in [0.4, 0.5) is 0 Å². The van der Waals surface area contributed by atoms with E-state index in [1.54, 1.807) is 0 Å². The molecule has 1 aromatic rings. The molecule has 0 amide bonds. The number of hydrogen-bond acceptors (Lipinski definition) is 5. The van der Waals surface area contributed by atoms with E-state index in [9.17, 15) is 0 Å². The number of rotatable bonds is 5. The SMILES string of the molecule is CC(C)(N)CCc1nc(CC2CCOC2)no1. The summed E-state index contributed by atoms with van der Waals surface area (Å²) in [6.07, 6.45) is 3.55. The third-order valence-corrected chi connectivity index (χ3v) is 2.99. The van der Waals surface area contributed by atoms with Crippen molar-refractivity contribution >= 4 is 0 Å². The molecule has 0 aliphatic carbocycles. The molecular formula is C12H21N3O2. The molecule has 0 radical (unpaired) electrons. The minimum absolute atomic E-state index is 0.187. The number of nitrogens with two attached hydrogens (primary N) is 1. The van der Waals surface area contributed by atoms with Crippen LogP contribution in [0.3, 0.4) is 0 Å². The topological polar surface area (TPSA) is 74.2 Å². The van der Waals surface area contributed by atoms with E-state index in [1.807, 2.05) is 13.8 Å². The molecule has 0 bridgehead atoms. The highest BCUT2D eigenvalue weighted by atomic mass is 16.5. The van der Waals surface area contributed by atoms with Crippen LogP contribution in [0.5, 0.6) is 0 Å². The second-order valence-corrected chi connectivity index (χ2v) is 5.53. The predicted octanol–water partition coefficient (Wildman–Crippen LogP) is 1.32. The van der Waals surface area contributed by atoms with Crippen molar-refractivity contribution in [1.82, 2.24) is 10.1 Å². The van der Waals surface area contributed by atoms with Gasteiger partial charge in [-0.15, -0.1) is 0 Å². The normalized spacial score (nSPS) is 21.0. The minimum atomic E-state index is -0.187. The van der Waals surface area contributed by atoms with Crippen molar-refractivity contribution in [3.63, 3.8) is 0 Å². The zero-order chi connectivity index (χ0) is 12.3. The van der Waals surface area contributed by atoms with E-state index in [0.29, 0.717) is 11.8 Å². The Balaban J connectivity index is 1.83. The Hall–Kier alpha value is -0.940. The first-order valence-electron chi connectivity index (χ1n) is 6.21. The van der Waals surface area contributed by atoms with Gasteiger partial charge >= 0.3 is 0 Å². The van der Waals surface area contributed by atoms with E-state index < -0.39 is 0 Å². The maximum atomic E-state index is 5.92. The third kappa shape index (κ3) is 4.09. The average Bonchev–Trinajstić information content (AvgIpc) is 2.86. The second-order valence-electron chi connectivity index (χ2n) is 5.53. The quantitative estimate of drug-likeness (QED) is 0.838. The largest absolute Gasteiger partial charge is 0.381 e. The lowest BCUT2D eigenvalue weighted by Crippen LogP contribution is -2.32. The van der Waals surface area contributed by atoms with Gasteiger partial charge in [0, 0.05) is 31.6 Å². The molecule has 0 aromatic carbocycles. The van der Waals surface area contributed by atoms with Crippen molar-refractivity contribution in [3.05, 3.63) is 11.7 Å². The first-order valence-corrected chi connectivity index (χ1v) is 6.21. The van der Waals surface area contributed by atoms with Crippen LogP contribution >= 0.6 is 0 Å². The number of aryl methyl sites for hydroxylation is 1. The predicted molar refractivity (Wildman–Crippen MR) is 63.5 cm³/mol. The van der Waals surface area contributed by atoms with Gasteiger partial charge in [0.1, 0.15) is 0 Å². The first-order chi connectivity index (χ1) is 8.03. The molecule has 96 valence electrons. The molecule has 0 saturated carbocycles. The van der Waals surface area contributed by atoms with Crippen LogP contribution in [0, 0.1) is 5.92 Å². The Morgan fingerprint density at radius 3 is 2.94 bits per heavy atom. The highest BCUT2D eigenvalue weighted by Gasteiger charge is 2.19. The van der Waals surface area contributed by atoms with Crippen LogP contribution in [0.1, 0.15) is 38.4 Å². The van der Waals surface area contributed by atoms with Gasteiger partial charge in [-0.2, -0.15) is 4.98 Å². The van der Waals surface area contributed by atoms with Crippen LogP contribution in [0.15, 0.2) is 4.52 Å². The fourth-order valence-electron chi connectivity index (χ4n) is 1.91. The average molecular weight is 239 g/mol. The first kappa shape index (κ1) is 12.5. The van der Waals surface area contributed by atoms with Crippen LogP contribution in [0.25, 0.3) is 0 Å². The molecule has 1 aromatic heterocycles. The second kappa shape index (κ2) is 5.14. The minimum Gasteiger partial charge on any atom is -0.381 e. The zero-order valence-corrected chi connectivity index (χ0v) is 10.6. The lowest BCUT2D eigenvalue weighted by molar-refractivity contribution is 0.185. The molecule has 17 heavy (non-hydrogen) atoms. The van der Waals surface area contributed by atoms with Crippen LogP contribution in [-0.2, 0) is 17.6 Å². The van der Waals surface area contributed by atoms with E-state index in [2.05, 4.69) is 10.1 Å². The van der Waals surface area contributed by atoms with Gasteiger partial charge in [-0.3, -0.25) is 0 Å². The summed E-state index contributed by atoms with van der Waals surface area (Å²) in [5.41, 5.74) is 5.73. The summed E-state index contributed by atoms with van der Waals surface area (Å²) < 4.78 is 10.5. The Morgan fingerprint density at radius 2 is 2.29 bits per heavy atom. The molecule has 1 saturated heterocycles. The van der Waals surface area contributed by atoms with E-state index in [0.717, 1.165) is 44.7 Å². The third-order valence-electron chi connectivity index (χ3n) is 2.99. The van der Waals surface area contributed by atoms with E-state index in [4.69, 9.17) is 15.0 Å². The maximum Gasteiger partial charge on any atom is 0.226 e. The van der Waals surface area contributed by atoms with Gasteiger partial charge in [0.25, 0.3) is 0 Å². The maximum absolute atomic E-state index is 5.92. The summed E-state index contributed by atoms with van der Waals surface area (Å²) >= 11 is 0. The molecule has 0 spiro atoms. The summed E-state index contributed by atoms with van der Waals surface area (Å²) in [6.45, 7) is 5.68. The van der Waals surface area contributed by atoms with Crippen LogP contribution in [-0.4, -0.2) is 28.9 Å². The van der Waals surface area contributed by atoms with Gasteiger partial charge in [0.05, 0.1) is 0 Å². The summed E-state index contributed by atoms with van der Waals surface area (Å²) in [7, 11) is 0. The fourth-order valence-corrected chi connectivity index (χ4v) is 1.91. The highest BCUT2D eigenvalue weighted by molar-refractivity contribution is 4.91. The Morgan fingerprint density at radius 1 is 1.47 bits per heavy atom. The van der Waals surface area contributed by atoms with Crippen LogP contribution < -0.4 is 5.73 Å². The van der Waals surface area contributed by atoms with Gasteiger partial charge in [0.15, 0.2) is 5.82 Å². The molecule has 1 fully saturated rings. The summed E-state index contributed by atoms with van der Waals surface area (Å²) in [5, 5.41) is 4.00. The molecule has 5 nitrogen and oxygen atoms in total. The molecule has 2 rings (SSSR count). The number of aromatic nitrogens is 2. The Labute approximate surface area is 102 Å². The van der Waals surface area contributed by atoms with Gasteiger partial charge in [0.2, 0.25) is 5.89 Å². The highest BCUT2D eigenvalue weighted by Crippen LogP contribution is 2.17. The van der Waals surface area contributed by atoms with Gasteiger partial charge in [-0.05, 0) is 32.6 Å². The smallest absolute Gasteiger partial charge is 0.226 e. The van der Waals surface area contributed by atoms with Crippen molar-refractivity contribution in [2.24, 2.45) is 11.7 Å². The number of nitrogens with zero attached hydrogens (tertiary/aromatic N) is 2. The molecule has 1 atom stereocenters. The Kier molecular flexibility index (Phi) is 3.79. The van der Waals surface area contributed by atoms with Crippen molar-refractivity contribution in [1.29, 1.82) is 0 Å². The van der Waals surface area contributed by atoms with Crippen molar-refractivity contribution < 1.29 is 9.26 Å². The van der Waals surface area contributed by atoms with Gasteiger partial charge < -0.3 is 15.0 Å². The standard InChI is InChI=1S/C12H21N3O2/c1-12(2,13)5-3-11-14-10(15-17-11)7-9-4-6-16-8-9/h9H,3-8,13H2,1-2H3. The molecule has 2 N–H and O–H groups in total. The van der Waals surface area contributed by atoms with Crippen LogP contribution in [0.2, 0.25) is 0 Å². The van der Waals surface area contributed by atoms with Crippen molar-refractivity contribution in [3.8, 4) is 0 Å². The van der Waals surface area contributed by atoms with Crippen molar-refractivity contribution in [2.45, 2.75) is 45.1 Å². The van der Waals surface area contributed by atoms with Crippen molar-refractivity contribution in [2.75, 3.05) is 13.2 Å². The summed E-state index contributed by atoms with van der Waals surface area (Å²) in [5.74, 6) is 2.04.